The van der Waals surface area contributed by atoms with Gasteiger partial charge in [-0.25, -0.2) is 18.6 Å². The van der Waals surface area contributed by atoms with Gasteiger partial charge in [-0.2, -0.15) is 4.39 Å². The monoisotopic (exact) mass is 191 g/mol. The topological polar surface area (TPSA) is 50.2 Å². The third kappa shape index (κ3) is 1.95. The number of nitrogens with zero attached hydrogens (tertiary/aromatic N) is 1. The number of carboxylic acid groups (broad SMARTS) is 1. The van der Waals surface area contributed by atoms with E-state index in [1.54, 1.807) is 0 Å². The number of hydrogen-bond acceptors (Lipinski definition) is 2. The predicted octanol–water partition coefficient (Wildman–Crippen LogP) is 1.86. The number of halogens is 3. The number of aromatic nitrogens is 1. The molecular formula is C7H4F3NO2. The van der Waals surface area contributed by atoms with E-state index in [4.69, 9.17) is 5.11 Å². The highest BCUT2D eigenvalue weighted by Gasteiger charge is 2.19. The molecule has 0 atom stereocenters. The number of alkyl halides is 2. The van der Waals surface area contributed by atoms with Crippen molar-refractivity contribution in [3.63, 3.8) is 0 Å². The fraction of sp³-hybridized carbons (Fsp3) is 0.143. The molecule has 0 unspecified atom stereocenters. The van der Waals surface area contributed by atoms with Crippen LogP contribution in [-0.2, 0) is 0 Å². The molecule has 3 nitrogen and oxygen atoms in total. The van der Waals surface area contributed by atoms with Crippen LogP contribution in [0.25, 0.3) is 0 Å². The highest BCUT2D eigenvalue weighted by molar-refractivity contribution is 5.88. The van der Waals surface area contributed by atoms with Crippen molar-refractivity contribution in [3.8, 4) is 0 Å². The molecule has 1 aromatic heterocycles. The number of carboxylic acids is 1. The summed E-state index contributed by atoms with van der Waals surface area (Å²) in [5.74, 6) is -2.68. The van der Waals surface area contributed by atoms with Gasteiger partial charge in [0, 0.05) is 0 Å². The summed E-state index contributed by atoms with van der Waals surface area (Å²) in [5.41, 5.74) is -1.73. The Balaban J connectivity index is 3.26. The van der Waals surface area contributed by atoms with Crippen molar-refractivity contribution < 1.29 is 23.1 Å². The lowest BCUT2D eigenvalue weighted by atomic mass is 10.2. The van der Waals surface area contributed by atoms with Crippen LogP contribution < -0.4 is 0 Å². The van der Waals surface area contributed by atoms with E-state index in [9.17, 15) is 18.0 Å². The van der Waals surface area contributed by atoms with Crippen LogP contribution in [0, 0.1) is 5.95 Å². The molecule has 0 spiro atoms. The van der Waals surface area contributed by atoms with Gasteiger partial charge in [-0.05, 0) is 12.1 Å². The fourth-order valence-corrected chi connectivity index (χ4v) is 0.797. The lowest BCUT2D eigenvalue weighted by molar-refractivity contribution is 0.0681. The Bertz CT molecular complexity index is 341. The molecule has 6 heteroatoms. The number of pyridine rings is 1. The Morgan fingerprint density at radius 2 is 2.08 bits per heavy atom. The molecule has 0 amide bonds. The fourth-order valence-electron chi connectivity index (χ4n) is 0.797. The van der Waals surface area contributed by atoms with Gasteiger partial charge in [0.1, 0.15) is 5.69 Å². The minimum Gasteiger partial charge on any atom is -0.478 e. The first-order valence-electron chi connectivity index (χ1n) is 3.20. The van der Waals surface area contributed by atoms with E-state index in [2.05, 4.69) is 4.98 Å². The van der Waals surface area contributed by atoms with Crippen molar-refractivity contribution in [2.24, 2.45) is 0 Å². The van der Waals surface area contributed by atoms with E-state index in [0.717, 1.165) is 12.1 Å². The Kier molecular flexibility index (Phi) is 2.50. The summed E-state index contributed by atoms with van der Waals surface area (Å²) in [6.45, 7) is 0. The van der Waals surface area contributed by atoms with Crippen molar-refractivity contribution in [1.82, 2.24) is 4.98 Å². The zero-order valence-electron chi connectivity index (χ0n) is 6.17. The Hall–Kier alpha value is -1.59. The van der Waals surface area contributed by atoms with Gasteiger partial charge in [-0.3, -0.25) is 0 Å². The third-order valence-electron chi connectivity index (χ3n) is 1.33. The molecule has 1 heterocycles. The Morgan fingerprint density at radius 1 is 1.46 bits per heavy atom. The van der Waals surface area contributed by atoms with E-state index in [1.807, 2.05) is 0 Å². The van der Waals surface area contributed by atoms with Crippen LogP contribution in [0.2, 0.25) is 0 Å². The van der Waals surface area contributed by atoms with Crippen LogP contribution >= 0.6 is 0 Å². The van der Waals surface area contributed by atoms with E-state index in [0.29, 0.717) is 0 Å². The highest BCUT2D eigenvalue weighted by Crippen LogP contribution is 2.20. The largest absolute Gasteiger partial charge is 0.478 e. The molecule has 1 aromatic rings. The average molecular weight is 191 g/mol. The molecule has 0 radical (unpaired) electrons. The first kappa shape index (κ1) is 9.50. The van der Waals surface area contributed by atoms with Crippen molar-refractivity contribution in [2.45, 2.75) is 6.43 Å². The SMILES string of the molecule is O=C(O)c1ccc(F)nc1C(F)F. The maximum atomic E-state index is 12.3. The van der Waals surface area contributed by atoms with Crippen LogP contribution in [0.3, 0.4) is 0 Å². The highest BCUT2D eigenvalue weighted by atomic mass is 19.3. The van der Waals surface area contributed by atoms with E-state index < -0.39 is 29.6 Å². The van der Waals surface area contributed by atoms with Gasteiger partial charge in [-0.1, -0.05) is 0 Å². The first-order valence-corrected chi connectivity index (χ1v) is 3.20. The Labute approximate surface area is 70.8 Å². The molecule has 0 fully saturated rings. The maximum Gasteiger partial charge on any atom is 0.337 e. The van der Waals surface area contributed by atoms with Crippen molar-refractivity contribution in [3.05, 3.63) is 29.3 Å². The lowest BCUT2D eigenvalue weighted by Gasteiger charge is -2.02. The normalized spacial score (nSPS) is 10.5. The second-order valence-electron chi connectivity index (χ2n) is 2.17. The molecule has 0 bridgehead atoms. The second-order valence-corrected chi connectivity index (χ2v) is 2.17. The molecule has 0 saturated heterocycles. The van der Waals surface area contributed by atoms with Gasteiger partial charge in [0.25, 0.3) is 6.43 Å². The zero-order valence-corrected chi connectivity index (χ0v) is 6.17. The molecule has 0 aromatic carbocycles. The lowest BCUT2D eigenvalue weighted by Crippen LogP contribution is -2.06. The summed E-state index contributed by atoms with van der Waals surface area (Å²) >= 11 is 0. The molecule has 1 N–H and O–H groups in total. The van der Waals surface area contributed by atoms with Crippen LogP contribution in [-0.4, -0.2) is 16.1 Å². The maximum absolute atomic E-state index is 12.3. The average Bonchev–Trinajstić information content (AvgIpc) is 2.03. The molecular weight excluding hydrogens is 187 g/mol. The predicted molar refractivity (Wildman–Crippen MR) is 36.1 cm³/mol. The molecule has 0 aliphatic heterocycles. The van der Waals surface area contributed by atoms with Crippen molar-refractivity contribution in [1.29, 1.82) is 0 Å². The van der Waals surface area contributed by atoms with Gasteiger partial charge >= 0.3 is 5.97 Å². The number of hydrogen-bond donors (Lipinski definition) is 1. The summed E-state index contributed by atoms with van der Waals surface area (Å²) in [6, 6.07) is 1.47. The van der Waals surface area contributed by atoms with Gasteiger partial charge in [-0.15, -0.1) is 0 Å². The molecule has 0 saturated carbocycles. The molecule has 70 valence electrons. The summed E-state index contributed by atoms with van der Waals surface area (Å²) in [7, 11) is 0. The van der Waals surface area contributed by atoms with Crippen LogP contribution in [0.1, 0.15) is 22.5 Å². The van der Waals surface area contributed by atoms with Crippen molar-refractivity contribution in [2.75, 3.05) is 0 Å². The number of carbonyl (C=O) groups is 1. The van der Waals surface area contributed by atoms with Crippen LogP contribution in [0.5, 0.6) is 0 Å². The second kappa shape index (κ2) is 3.42. The van der Waals surface area contributed by atoms with Gasteiger partial charge in [0.15, 0.2) is 0 Å². The van der Waals surface area contributed by atoms with Crippen LogP contribution in [0.15, 0.2) is 12.1 Å². The first-order chi connectivity index (χ1) is 6.02. The molecule has 0 aliphatic rings. The van der Waals surface area contributed by atoms with Gasteiger partial charge in [0.2, 0.25) is 5.95 Å². The standard InChI is InChI=1S/C7H4F3NO2/c8-4-2-1-3(7(12)13)5(11-4)6(9)10/h1-2,6H,(H,12,13). The quantitative estimate of drug-likeness (QED) is 0.725. The molecule has 1 rings (SSSR count). The van der Waals surface area contributed by atoms with Crippen LogP contribution in [0.4, 0.5) is 13.2 Å². The zero-order chi connectivity index (χ0) is 10.0. The number of aromatic carboxylic acids is 1. The van der Waals surface area contributed by atoms with Crippen molar-refractivity contribution >= 4 is 5.97 Å². The molecule has 13 heavy (non-hydrogen) atoms. The Morgan fingerprint density at radius 3 is 2.54 bits per heavy atom. The van der Waals surface area contributed by atoms with Gasteiger partial charge in [0.05, 0.1) is 5.56 Å². The molecule has 0 aliphatic carbocycles. The summed E-state index contributed by atoms with van der Waals surface area (Å²) in [5, 5.41) is 8.41. The summed E-state index contributed by atoms with van der Waals surface area (Å²) in [4.78, 5) is 13.1. The number of rotatable bonds is 2. The minimum atomic E-state index is -3.10. The van der Waals surface area contributed by atoms with E-state index in [-0.39, 0.29) is 0 Å². The third-order valence-corrected chi connectivity index (χ3v) is 1.33. The van der Waals surface area contributed by atoms with Gasteiger partial charge < -0.3 is 5.11 Å². The summed E-state index contributed by atoms with van der Waals surface area (Å²) < 4.78 is 36.5. The van der Waals surface area contributed by atoms with E-state index in [1.165, 1.54) is 0 Å². The summed E-state index contributed by atoms with van der Waals surface area (Å²) in [6.07, 6.45) is -3.10. The smallest absolute Gasteiger partial charge is 0.337 e. The van der Waals surface area contributed by atoms with E-state index >= 15 is 0 Å². The minimum absolute atomic E-state index is 0.684.